The highest BCUT2D eigenvalue weighted by molar-refractivity contribution is 5.92. The van der Waals surface area contributed by atoms with Crippen molar-refractivity contribution >= 4 is 11.9 Å². The summed E-state index contributed by atoms with van der Waals surface area (Å²) in [6.45, 7) is 2.69. The number of ether oxygens (including phenoxy) is 3. The Morgan fingerprint density at radius 2 is 1.64 bits per heavy atom. The van der Waals surface area contributed by atoms with Crippen LogP contribution < -0.4 is 14.2 Å². The first-order chi connectivity index (χ1) is 10.3. The Bertz CT molecular complexity index is 562. The molecule has 22 heavy (non-hydrogen) atoms. The second-order valence-corrected chi connectivity index (χ2v) is 4.11. The molecule has 0 bridgehead atoms. The molecule has 0 aliphatic rings. The summed E-state index contributed by atoms with van der Waals surface area (Å²) in [6, 6.07) is 4.27. The van der Waals surface area contributed by atoms with Crippen LogP contribution in [0.2, 0.25) is 0 Å². The van der Waals surface area contributed by atoms with Gasteiger partial charge in [-0.3, -0.25) is 0 Å². The van der Waals surface area contributed by atoms with Gasteiger partial charge in [-0.05, 0) is 26.0 Å². The lowest BCUT2D eigenvalue weighted by atomic mass is 10.3. The fraction of sp³-hybridized carbons (Fsp3) is 0.286. The van der Waals surface area contributed by atoms with Gasteiger partial charge >= 0.3 is 11.9 Å². The molecule has 2 unspecified atom stereocenters. The summed E-state index contributed by atoms with van der Waals surface area (Å²) in [7, 11) is 0. The number of hydrogen-bond acceptors (Lipinski definition) is 7. The van der Waals surface area contributed by atoms with E-state index in [1.165, 1.54) is 32.0 Å². The molecule has 120 valence electrons. The summed E-state index contributed by atoms with van der Waals surface area (Å²) in [5, 5.41) is 27.0. The monoisotopic (exact) mass is 312 g/mol. The molecule has 0 aliphatic heterocycles. The van der Waals surface area contributed by atoms with E-state index in [-0.39, 0.29) is 17.2 Å². The molecule has 1 rings (SSSR count). The second-order valence-electron chi connectivity index (χ2n) is 4.11. The van der Waals surface area contributed by atoms with Crippen molar-refractivity contribution in [1.29, 1.82) is 0 Å². The van der Waals surface area contributed by atoms with Gasteiger partial charge in [0.1, 0.15) is 0 Å². The Morgan fingerprint density at radius 3 is 2.18 bits per heavy atom. The molecule has 0 radical (unpaired) electrons. The first-order valence-electron chi connectivity index (χ1n) is 6.25. The summed E-state index contributed by atoms with van der Waals surface area (Å²) in [5.41, 5.74) is 0. The molecule has 3 N–H and O–H groups in total. The average Bonchev–Trinajstić information content (AvgIpc) is 2.39. The third-order valence-electron chi connectivity index (χ3n) is 2.10. The molecule has 0 saturated carbocycles. The van der Waals surface area contributed by atoms with E-state index < -0.39 is 24.5 Å². The molecule has 0 saturated heterocycles. The number of para-hydroxylation sites is 1. The fourth-order valence-corrected chi connectivity index (χ4v) is 1.42. The van der Waals surface area contributed by atoms with Gasteiger partial charge in [0.25, 0.3) is 0 Å². The summed E-state index contributed by atoms with van der Waals surface area (Å²) < 4.78 is 15.1. The van der Waals surface area contributed by atoms with Crippen molar-refractivity contribution in [2.45, 2.75) is 26.4 Å². The number of aliphatic carboxylic acids is 1. The van der Waals surface area contributed by atoms with Crippen molar-refractivity contribution in [2.24, 2.45) is 0 Å². The lowest BCUT2D eigenvalue weighted by molar-refractivity contribution is -0.133. The lowest BCUT2D eigenvalue weighted by Crippen LogP contribution is -2.16. The Balaban J connectivity index is 3.06. The molecule has 0 fully saturated rings. The highest BCUT2D eigenvalue weighted by atomic mass is 16.6. The smallest absolute Gasteiger partial charge is 0.336 e. The molecule has 1 aromatic carbocycles. The zero-order valence-corrected chi connectivity index (χ0v) is 11.9. The zero-order chi connectivity index (χ0) is 16.7. The molecule has 0 aliphatic carbocycles. The van der Waals surface area contributed by atoms with Crippen LogP contribution in [0, 0.1) is 0 Å². The minimum absolute atomic E-state index is 0.0448. The van der Waals surface area contributed by atoms with Gasteiger partial charge in [0.05, 0.1) is 0 Å². The first-order valence-corrected chi connectivity index (χ1v) is 6.25. The summed E-state index contributed by atoms with van der Waals surface area (Å²) in [6.07, 6.45) is -1.05. The number of rotatable bonds is 7. The number of benzene rings is 1. The standard InChI is InChI=1S/C14H16O8/c1-8(15)20-10-4-3-5-11(14(10)21-9(2)16)22-13(19)7-6-12(17)18/h3-9,15-16H,1-2H3,(H,17,18). The molecule has 8 heteroatoms. The van der Waals surface area contributed by atoms with E-state index in [0.717, 1.165) is 6.08 Å². The van der Waals surface area contributed by atoms with Crippen LogP contribution in [0.15, 0.2) is 30.4 Å². The highest BCUT2D eigenvalue weighted by Gasteiger charge is 2.17. The summed E-state index contributed by atoms with van der Waals surface area (Å²) >= 11 is 0. The molecule has 0 amide bonds. The number of esters is 1. The zero-order valence-electron chi connectivity index (χ0n) is 11.9. The Kier molecular flexibility index (Phi) is 6.36. The van der Waals surface area contributed by atoms with Crippen molar-refractivity contribution in [2.75, 3.05) is 0 Å². The molecule has 0 heterocycles. The maximum Gasteiger partial charge on any atom is 0.336 e. The maximum absolute atomic E-state index is 11.5. The van der Waals surface area contributed by atoms with Crippen LogP contribution in [0.5, 0.6) is 17.2 Å². The number of carboxylic acid groups (broad SMARTS) is 1. The van der Waals surface area contributed by atoms with Crippen LogP contribution in [0.3, 0.4) is 0 Å². The molecular weight excluding hydrogens is 296 g/mol. The summed E-state index contributed by atoms with van der Waals surface area (Å²) in [4.78, 5) is 21.9. The fourth-order valence-electron chi connectivity index (χ4n) is 1.42. The van der Waals surface area contributed by atoms with Gasteiger partial charge in [0, 0.05) is 12.2 Å². The topological polar surface area (TPSA) is 123 Å². The number of aliphatic hydroxyl groups excluding tert-OH is 2. The molecule has 0 spiro atoms. The van der Waals surface area contributed by atoms with Gasteiger partial charge in [-0.1, -0.05) is 6.07 Å². The third kappa shape index (κ3) is 5.81. The van der Waals surface area contributed by atoms with E-state index in [0.29, 0.717) is 6.08 Å². The average molecular weight is 312 g/mol. The molecule has 8 nitrogen and oxygen atoms in total. The molecule has 0 aromatic heterocycles. The number of carboxylic acids is 1. The molecule has 2 atom stereocenters. The molecule has 1 aromatic rings. The van der Waals surface area contributed by atoms with E-state index >= 15 is 0 Å². The summed E-state index contributed by atoms with van der Waals surface area (Å²) in [5.74, 6) is -2.41. The van der Waals surface area contributed by atoms with Crippen molar-refractivity contribution in [3.8, 4) is 17.2 Å². The van der Waals surface area contributed by atoms with E-state index in [4.69, 9.17) is 19.3 Å². The van der Waals surface area contributed by atoms with E-state index in [1.54, 1.807) is 0 Å². The Labute approximate surface area is 126 Å². The van der Waals surface area contributed by atoms with Crippen LogP contribution in [-0.4, -0.2) is 39.8 Å². The van der Waals surface area contributed by atoms with Gasteiger partial charge in [-0.15, -0.1) is 0 Å². The Hall–Kier alpha value is -2.58. The third-order valence-corrected chi connectivity index (χ3v) is 2.10. The van der Waals surface area contributed by atoms with Gasteiger partial charge in [-0.2, -0.15) is 0 Å². The van der Waals surface area contributed by atoms with Gasteiger partial charge in [0.2, 0.25) is 5.75 Å². The van der Waals surface area contributed by atoms with Crippen LogP contribution in [-0.2, 0) is 9.59 Å². The predicted molar refractivity (Wildman–Crippen MR) is 73.5 cm³/mol. The number of hydrogen-bond donors (Lipinski definition) is 3. The van der Waals surface area contributed by atoms with Crippen LogP contribution in [0.4, 0.5) is 0 Å². The number of carbonyl (C=O) groups is 2. The van der Waals surface area contributed by atoms with Crippen molar-refractivity contribution in [3.05, 3.63) is 30.4 Å². The second kappa shape index (κ2) is 8.01. The number of aliphatic hydroxyl groups is 2. The normalized spacial score (nSPS) is 13.5. The van der Waals surface area contributed by atoms with Gasteiger partial charge < -0.3 is 29.5 Å². The van der Waals surface area contributed by atoms with Crippen LogP contribution in [0.25, 0.3) is 0 Å². The quantitative estimate of drug-likeness (QED) is 0.290. The van der Waals surface area contributed by atoms with Crippen molar-refractivity contribution < 1.29 is 39.1 Å². The SMILES string of the molecule is CC(O)Oc1cccc(OC(=O)C=CC(=O)O)c1OC(C)O. The minimum atomic E-state index is -1.30. The van der Waals surface area contributed by atoms with E-state index in [1.807, 2.05) is 0 Å². The minimum Gasteiger partial charge on any atom is -0.478 e. The largest absolute Gasteiger partial charge is 0.478 e. The lowest BCUT2D eigenvalue weighted by Gasteiger charge is -2.18. The molecular formula is C14H16O8. The van der Waals surface area contributed by atoms with Crippen LogP contribution >= 0.6 is 0 Å². The van der Waals surface area contributed by atoms with Gasteiger partial charge in [0.15, 0.2) is 24.1 Å². The maximum atomic E-state index is 11.5. The highest BCUT2D eigenvalue weighted by Crippen LogP contribution is 2.38. The van der Waals surface area contributed by atoms with Crippen molar-refractivity contribution in [1.82, 2.24) is 0 Å². The van der Waals surface area contributed by atoms with Gasteiger partial charge in [-0.25, -0.2) is 9.59 Å². The predicted octanol–water partition coefficient (Wildman–Crippen LogP) is 0.667. The van der Waals surface area contributed by atoms with Crippen LogP contribution in [0.1, 0.15) is 13.8 Å². The van der Waals surface area contributed by atoms with E-state index in [9.17, 15) is 19.8 Å². The number of carbonyl (C=O) groups excluding carboxylic acids is 1. The van der Waals surface area contributed by atoms with Crippen molar-refractivity contribution in [3.63, 3.8) is 0 Å². The Morgan fingerprint density at radius 1 is 1.05 bits per heavy atom. The first kappa shape index (κ1) is 17.5. The van der Waals surface area contributed by atoms with E-state index in [2.05, 4.69) is 0 Å².